The highest BCUT2D eigenvalue weighted by Crippen LogP contribution is 2.33. The minimum atomic E-state index is -0.239. The van der Waals surface area contributed by atoms with E-state index in [0.29, 0.717) is 6.42 Å². The number of rotatable bonds is 3. The lowest BCUT2D eigenvalue weighted by atomic mass is 9.97. The molecule has 1 aliphatic heterocycles. The Balaban J connectivity index is 2.00. The van der Waals surface area contributed by atoms with Gasteiger partial charge in [0.1, 0.15) is 5.75 Å². The zero-order valence-electron chi connectivity index (χ0n) is 10.5. The summed E-state index contributed by atoms with van der Waals surface area (Å²) >= 11 is 0. The summed E-state index contributed by atoms with van der Waals surface area (Å²) in [6, 6.07) is 7.09. The summed E-state index contributed by atoms with van der Waals surface area (Å²) in [7, 11) is 1.39. The van der Waals surface area contributed by atoms with Gasteiger partial charge in [-0.25, -0.2) is 0 Å². The monoisotopic (exact) mass is 250 g/mol. The fourth-order valence-corrected chi connectivity index (χ4v) is 2.29. The predicted octanol–water partition coefficient (Wildman–Crippen LogP) is 2.57. The second kappa shape index (κ2) is 5.87. The standard InChI is InChI=1S/C14H18O4/c1-17-14(16)9-12-6-3-7-13(18-12)10-4-2-5-11(15)8-10/h2,4-5,8,12-13,15H,3,6-7,9H2,1H3/t12-,13+/m1/s1. The Hall–Kier alpha value is -1.55. The van der Waals surface area contributed by atoms with Gasteiger partial charge in [-0.15, -0.1) is 0 Å². The molecule has 0 aromatic heterocycles. The van der Waals surface area contributed by atoms with Crippen LogP contribution in [0.4, 0.5) is 0 Å². The molecule has 0 aliphatic carbocycles. The van der Waals surface area contributed by atoms with Crippen LogP contribution in [0.1, 0.15) is 37.4 Å². The van der Waals surface area contributed by atoms with Crippen molar-refractivity contribution in [2.75, 3.05) is 7.11 Å². The summed E-state index contributed by atoms with van der Waals surface area (Å²) < 4.78 is 10.5. The quantitative estimate of drug-likeness (QED) is 0.838. The number of phenols is 1. The van der Waals surface area contributed by atoms with Crippen molar-refractivity contribution in [1.82, 2.24) is 0 Å². The molecule has 1 saturated heterocycles. The van der Waals surface area contributed by atoms with Crippen molar-refractivity contribution >= 4 is 5.97 Å². The molecule has 1 heterocycles. The molecule has 2 rings (SSSR count). The van der Waals surface area contributed by atoms with Gasteiger partial charge in [0.15, 0.2) is 0 Å². The Bertz CT molecular complexity index is 416. The van der Waals surface area contributed by atoms with Crippen LogP contribution in [0.2, 0.25) is 0 Å². The van der Waals surface area contributed by atoms with E-state index in [1.165, 1.54) is 7.11 Å². The van der Waals surface area contributed by atoms with Crippen LogP contribution in [0, 0.1) is 0 Å². The summed E-state index contributed by atoms with van der Waals surface area (Å²) in [5.74, 6) is 0.00255. The molecule has 1 fully saturated rings. The zero-order chi connectivity index (χ0) is 13.0. The van der Waals surface area contributed by atoms with Gasteiger partial charge in [-0.2, -0.15) is 0 Å². The van der Waals surface area contributed by atoms with Crippen molar-refractivity contribution in [3.8, 4) is 5.75 Å². The van der Waals surface area contributed by atoms with Gasteiger partial charge in [-0.05, 0) is 37.0 Å². The van der Waals surface area contributed by atoms with Crippen LogP contribution in [-0.4, -0.2) is 24.3 Å². The topological polar surface area (TPSA) is 55.8 Å². The number of esters is 1. The number of hydrogen-bond donors (Lipinski definition) is 1. The summed E-state index contributed by atoms with van der Waals surface area (Å²) in [5, 5.41) is 9.46. The molecular weight excluding hydrogens is 232 g/mol. The van der Waals surface area contributed by atoms with E-state index in [2.05, 4.69) is 4.74 Å². The third-order valence-corrected chi connectivity index (χ3v) is 3.21. The normalized spacial score (nSPS) is 23.6. The highest BCUT2D eigenvalue weighted by atomic mass is 16.5. The molecule has 18 heavy (non-hydrogen) atoms. The summed E-state index contributed by atoms with van der Waals surface area (Å²) in [4.78, 5) is 11.2. The molecule has 0 spiro atoms. The first-order valence-electron chi connectivity index (χ1n) is 6.20. The van der Waals surface area contributed by atoms with E-state index >= 15 is 0 Å². The Kier molecular flexibility index (Phi) is 4.20. The maximum Gasteiger partial charge on any atom is 0.308 e. The maximum atomic E-state index is 11.2. The molecule has 0 bridgehead atoms. The fraction of sp³-hybridized carbons (Fsp3) is 0.500. The Labute approximate surface area is 107 Å². The first kappa shape index (κ1) is 12.9. The predicted molar refractivity (Wildman–Crippen MR) is 66.2 cm³/mol. The van der Waals surface area contributed by atoms with Crippen molar-refractivity contribution in [3.63, 3.8) is 0 Å². The number of benzene rings is 1. The number of ether oxygens (including phenoxy) is 2. The number of methoxy groups -OCH3 is 1. The number of hydrogen-bond acceptors (Lipinski definition) is 4. The Morgan fingerprint density at radius 1 is 1.50 bits per heavy atom. The van der Waals surface area contributed by atoms with Gasteiger partial charge in [0.2, 0.25) is 0 Å². The van der Waals surface area contributed by atoms with E-state index in [1.807, 2.05) is 6.07 Å². The SMILES string of the molecule is COC(=O)C[C@H]1CCC[C@@H](c2cccc(O)c2)O1. The molecule has 0 unspecified atom stereocenters. The molecule has 4 nitrogen and oxygen atoms in total. The maximum absolute atomic E-state index is 11.2. The number of aromatic hydroxyl groups is 1. The lowest BCUT2D eigenvalue weighted by Crippen LogP contribution is -2.25. The van der Waals surface area contributed by atoms with Crippen molar-refractivity contribution in [1.29, 1.82) is 0 Å². The first-order valence-corrected chi connectivity index (χ1v) is 6.20. The summed E-state index contributed by atoms with van der Waals surface area (Å²) in [6.45, 7) is 0. The van der Waals surface area contributed by atoms with Gasteiger partial charge in [0.05, 0.1) is 25.7 Å². The van der Waals surface area contributed by atoms with Crippen LogP contribution < -0.4 is 0 Å². The van der Waals surface area contributed by atoms with E-state index in [-0.39, 0.29) is 23.9 Å². The molecule has 0 amide bonds. The minimum absolute atomic E-state index is 0.0412. The van der Waals surface area contributed by atoms with Crippen LogP contribution in [-0.2, 0) is 14.3 Å². The fourth-order valence-electron chi connectivity index (χ4n) is 2.29. The van der Waals surface area contributed by atoms with Gasteiger partial charge in [0.25, 0.3) is 0 Å². The average molecular weight is 250 g/mol. The van der Waals surface area contributed by atoms with Crippen molar-refractivity contribution in [3.05, 3.63) is 29.8 Å². The van der Waals surface area contributed by atoms with E-state index in [0.717, 1.165) is 24.8 Å². The zero-order valence-corrected chi connectivity index (χ0v) is 10.5. The summed E-state index contributed by atoms with van der Waals surface area (Å²) in [5.41, 5.74) is 0.963. The van der Waals surface area contributed by atoms with E-state index in [4.69, 9.17) is 4.74 Å². The highest BCUT2D eigenvalue weighted by molar-refractivity contribution is 5.69. The Morgan fingerprint density at radius 3 is 3.06 bits per heavy atom. The average Bonchev–Trinajstić information content (AvgIpc) is 2.39. The van der Waals surface area contributed by atoms with Crippen LogP contribution in [0.5, 0.6) is 5.75 Å². The smallest absolute Gasteiger partial charge is 0.308 e. The van der Waals surface area contributed by atoms with Crippen LogP contribution in [0.3, 0.4) is 0 Å². The van der Waals surface area contributed by atoms with Gasteiger partial charge in [0, 0.05) is 0 Å². The third kappa shape index (κ3) is 3.23. The number of carbonyl (C=O) groups excluding carboxylic acids is 1. The molecule has 0 saturated carbocycles. The molecule has 4 heteroatoms. The molecule has 1 N–H and O–H groups in total. The van der Waals surface area contributed by atoms with E-state index in [9.17, 15) is 9.90 Å². The minimum Gasteiger partial charge on any atom is -0.508 e. The lowest BCUT2D eigenvalue weighted by molar-refractivity contribution is -0.147. The third-order valence-electron chi connectivity index (χ3n) is 3.21. The molecular formula is C14H18O4. The van der Waals surface area contributed by atoms with Crippen LogP contribution in [0.25, 0.3) is 0 Å². The van der Waals surface area contributed by atoms with Gasteiger partial charge >= 0.3 is 5.97 Å². The Morgan fingerprint density at radius 2 is 2.33 bits per heavy atom. The largest absolute Gasteiger partial charge is 0.508 e. The molecule has 98 valence electrons. The number of phenolic OH excluding ortho intramolecular Hbond substituents is 1. The van der Waals surface area contributed by atoms with E-state index < -0.39 is 0 Å². The second-order valence-electron chi connectivity index (χ2n) is 4.55. The first-order chi connectivity index (χ1) is 8.69. The van der Waals surface area contributed by atoms with E-state index in [1.54, 1.807) is 18.2 Å². The molecule has 0 radical (unpaired) electrons. The lowest BCUT2D eigenvalue weighted by Gasteiger charge is -2.29. The van der Waals surface area contributed by atoms with Crippen molar-refractivity contribution in [2.45, 2.75) is 37.9 Å². The molecule has 1 aromatic carbocycles. The molecule has 2 atom stereocenters. The van der Waals surface area contributed by atoms with Gasteiger partial charge in [-0.1, -0.05) is 12.1 Å². The van der Waals surface area contributed by atoms with Gasteiger partial charge < -0.3 is 14.6 Å². The van der Waals surface area contributed by atoms with Crippen LogP contribution in [0.15, 0.2) is 24.3 Å². The second-order valence-corrected chi connectivity index (χ2v) is 4.55. The van der Waals surface area contributed by atoms with Crippen molar-refractivity contribution in [2.24, 2.45) is 0 Å². The van der Waals surface area contributed by atoms with Crippen molar-refractivity contribution < 1.29 is 19.4 Å². The highest BCUT2D eigenvalue weighted by Gasteiger charge is 2.25. The molecule has 1 aliphatic rings. The van der Waals surface area contributed by atoms with Crippen LogP contribution >= 0.6 is 0 Å². The van der Waals surface area contributed by atoms with Gasteiger partial charge in [-0.3, -0.25) is 4.79 Å². The molecule has 1 aromatic rings. The summed E-state index contributed by atoms with van der Waals surface area (Å²) in [6.07, 6.45) is 2.98. The number of carbonyl (C=O) groups is 1.